The minimum Gasteiger partial charge on any atom is -0.489 e. The van der Waals surface area contributed by atoms with Gasteiger partial charge in [0.25, 0.3) is 0 Å². The highest BCUT2D eigenvalue weighted by molar-refractivity contribution is 5.89. The molecule has 2 aromatic carbocycles. The van der Waals surface area contributed by atoms with Gasteiger partial charge in [-0.25, -0.2) is 4.79 Å². The molecule has 0 heterocycles. The zero-order valence-electron chi connectivity index (χ0n) is 12.0. The molecule has 0 atom stereocenters. The molecule has 2 rings (SSSR count). The molecule has 3 heteroatoms. The largest absolute Gasteiger partial charge is 0.489 e. The molecule has 0 aliphatic carbocycles. The van der Waals surface area contributed by atoms with Crippen molar-refractivity contribution in [1.82, 2.24) is 0 Å². The molecule has 0 amide bonds. The molecule has 3 nitrogen and oxygen atoms in total. The standard InChI is InChI=1S/C18H18O3/c1-3-11-20-18(19)16-5-4-6-17(12-16)21-13-15-9-7-14(2)8-10-15/h3-10,12H,1,11,13H2,2H3. The molecule has 0 radical (unpaired) electrons. The Hall–Kier alpha value is -2.55. The van der Waals surface area contributed by atoms with Crippen molar-refractivity contribution in [2.75, 3.05) is 6.61 Å². The molecule has 0 spiro atoms. The highest BCUT2D eigenvalue weighted by atomic mass is 16.5. The molecule has 0 N–H and O–H groups in total. The summed E-state index contributed by atoms with van der Waals surface area (Å²) in [6.45, 7) is 6.22. The van der Waals surface area contributed by atoms with E-state index in [0.29, 0.717) is 17.9 Å². The van der Waals surface area contributed by atoms with E-state index in [-0.39, 0.29) is 12.6 Å². The van der Waals surface area contributed by atoms with E-state index in [1.807, 2.05) is 37.3 Å². The van der Waals surface area contributed by atoms with Crippen molar-refractivity contribution < 1.29 is 14.3 Å². The lowest BCUT2D eigenvalue weighted by Gasteiger charge is -2.08. The molecule has 0 aromatic heterocycles. The first kappa shape index (κ1) is 14.9. The summed E-state index contributed by atoms with van der Waals surface area (Å²) in [5.74, 6) is 0.263. The predicted octanol–water partition coefficient (Wildman–Crippen LogP) is 3.92. The molecule has 108 valence electrons. The summed E-state index contributed by atoms with van der Waals surface area (Å²) >= 11 is 0. The van der Waals surface area contributed by atoms with Gasteiger partial charge in [-0.3, -0.25) is 0 Å². The normalized spacial score (nSPS) is 9.95. The van der Waals surface area contributed by atoms with Gasteiger partial charge in [0, 0.05) is 0 Å². The topological polar surface area (TPSA) is 35.5 Å². The van der Waals surface area contributed by atoms with Gasteiger partial charge in [0.05, 0.1) is 5.56 Å². The summed E-state index contributed by atoms with van der Waals surface area (Å²) in [6.07, 6.45) is 1.54. The summed E-state index contributed by atoms with van der Waals surface area (Å²) in [6, 6.07) is 15.1. The van der Waals surface area contributed by atoms with Gasteiger partial charge in [-0.05, 0) is 30.7 Å². The van der Waals surface area contributed by atoms with Crippen LogP contribution < -0.4 is 4.74 Å². The van der Waals surface area contributed by atoms with Crippen LogP contribution >= 0.6 is 0 Å². The molecule has 0 unspecified atom stereocenters. The van der Waals surface area contributed by atoms with Gasteiger partial charge in [0.15, 0.2) is 0 Å². The Kier molecular flexibility index (Phi) is 5.16. The van der Waals surface area contributed by atoms with Crippen LogP contribution in [0.5, 0.6) is 5.75 Å². The number of carbonyl (C=O) groups excluding carboxylic acids is 1. The van der Waals surface area contributed by atoms with Crippen molar-refractivity contribution in [3.05, 3.63) is 77.9 Å². The van der Waals surface area contributed by atoms with E-state index in [4.69, 9.17) is 9.47 Å². The van der Waals surface area contributed by atoms with Crippen molar-refractivity contribution in [2.45, 2.75) is 13.5 Å². The number of esters is 1. The number of benzene rings is 2. The molecule has 2 aromatic rings. The quantitative estimate of drug-likeness (QED) is 0.595. The lowest BCUT2D eigenvalue weighted by molar-refractivity contribution is 0.0549. The highest BCUT2D eigenvalue weighted by Gasteiger charge is 2.07. The third-order valence-electron chi connectivity index (χ3n) is 2.93. The van der Waals surface area contributed by atoms with E-state index in [0.717, 1.165) is 5.56 Å². The van der Waals surface area contributed by atoms with Crippen LogP contribution in [-0.4, -0.2) is 12.6 Å². The van der Waals surface area contributed by atoms with Crippen LogP contribution in [0.4, 0.5) is 0 Å². The van der Waals surface area contributed by atoms with Crippen LogP contribution in [0.3, 0.4) is 0 Å². The van der Waals surface area contributed by atoms with E-state index >= 15 is 0 Å². The zero-order chi connectivity index (χ0) is 15.1. The van der Waals surface area contributed by atoms with Gasteiger partial charge in [-0.1, -0.05) is 48.6 Å². The molecule has 0 aliphatic rings. The average molecular weight is 282 g/mol. The number of carbonyl (C=O) groups is 1. The lowest BCUT2D eigenvalue weighted by Crippen LogP contribution is -2.05. The number of hydrogen-bond donors (Lipinski definition) is 0. The molecule has 0 fully saturated rings. The summed E-state index contributed by atoms with van der Waals surface area (Å²) < 4.78 is 10.7. The van der Waals surface area contributed by atoms with Gasteiger partial charge >= 0.3 is 5.97 Å². The minimum absolute atomic E-state index is 0.202. The fourth-order valence-electron chi connectivity index (χ4n) is 1.78. The predicted molar refractivity (Wildman–Crippen MR) is 82.4 cm³/mol. The average Bonchev–Trinajstić information content (AvgIpc) is 2.52. The second-order valence-corrected chi connectivity index (χ2v) is 4.69. The maximum atomic E-state index is 11.7. The molecular weight excluding hydrogens is 264 g/mol. The Balaban J connectivity index is 1.99. The number of rotatable bonds is 6. The maximum absolute atomic E-state index is 11.7. The SMILES string of the molecule is C=CCOC(=O)c1cccc(OCc2ccc(C)cc2)c1. The summed E-state index contributed by atoms with van der Waals surface area (Å²) in [5.41, 5.74) is 2.77. The van der Waals surface area contributed by atoms with Crippen molar-refractivity contribution >= 4 is 5.97 Å². The maximum Gasteiger partial charge on any atom is 0.338 e. The minimum atomic E-state index is -0.379. The highest BCUT2D eigenvalue weighted by Crippen LogP contribution is 2.16. The van der Waals surface area contributed by atoms with E-state index in [2.05, 4.69) is 6.58 Å². The van der Waals surface area contributed by atoms with E-state index in [1.54, 1.807) is 18.2 Å². The van der Waals surface area contributed by atoms with E-state index in [1.165, 1.54) is 11.6 Å². The first-order chi connectivity index (χ1) is 10.2. The Morgan fingerprint density at radius 1 is 1.19 bits per heavy atom. The molecule has 0 bridgehead atoms. The number of aryl methyl sites for hydroxylation is 1. The Labute approximate surface area is 124 Å². The lowest BCUT2D eigenvalue weighted by atomic mass is 10.2. The first-order valence-corrected chi connectivity index (χ1v) is 6.75. The van der Waals surface area contributed by atoms with Crippen molar-refractivity contribution in [2.24, 2.45) is 0 Å². The molecule has 0 aliphatic heterocycles. The third-order valence-corrected chi connectivity index (χ3v) is 2.93. The zero-order valence-corrected chi connectivity index (χ0v) is 12.0. The Bertz CT molecular complexity index is 615. The van der Waals surface area contributed by atoms with Gasteiger partial charge in [0.2, 0.25) is 0 Å². The summed E-state index contributed by atoms with van der Waals surface area (Å²) in [4.78, 5) is 11.7. The molecule has 21 heavy (non-hydrogen) atoms. The van der Waals surface area contributed by atoms with Crippen LogP contribution in [0.2, 0.25) is 0 Å². The second kappa shape index (κ2) is 7.29. The van der Waals surface area contributed by atoms with Crippen molar-refractivity contribution in [3.8, 4) is 5.75 Å². The van der Waals surface area contributed by atoms with Gasteiger partial charge in [-0.2, -0.15) is 0 Å². The summed E-state index contributed by atoms with van der Waals surface area (Å²) in [7, 11) is 0. The van der Waals surface area contributed by atoms with Crippen LogP contribution in [0, 0.1) is 6.92 Å². The Morgan fingerprint density at radius 2 is 1.95 bits per heavy atom. The second-order valence-electron chi connectivity index (χ2n) is 4.69. The van der Waals surface area contributed by atoms with Gasteiger partial charge in [-0.15, -0.1) is 0 Å². The third kappa shape index (κ3) is 4.49. The van der Waals surface area contributed by atoms with Crippen LogP contribution in [-0.2, 0) is 11.3 Å². The smallest absolute Gasteiger partial charge is 0.338 e. The van der Waals surface area contributed by atoms with Gasteiger partial charge in [0.1, 0.15) is 19.0 Å². The number of hydrogen-bond acceptors (Lipinski definition) is 3. The van der Waals surface area contributed by atoms with Crippen LogP contribution in [0.15, 0.2) is 61.2 Å². The monoisotopic (exact) mass is 282 g/mol. The number of ether oxygens (including phenoxy) is 2. The first-order valence-electron chi connectivity index (χ1n) is 6.75. The van der Waals surface area contributed by atoms with E-state index < -0.39 is 0 Å². The van der Waals surface area contributed by atoms with Crippen molar-refractivity contribution in [3.63, 3.8) is 0 Å². The fourth-order valence-corrected chi connectivity index (χ4v) is 1.78. The van der Waals surface area contributed by atoms with E-state index in [9.17, 15) is 4.79 Å². The molecular formula is C18H18O3. The van der Waals surface area contributed by atoms with Crippen LogP contribution in [0.25, 0.3) is 0 Å². The van der Waals surface area contributed by atoms with Gasteiger partial charge < -0.3 is 9.47 Å². The molecule has 0 saturated heterocycles. The molecule has 0 saturated carbocycles. The Morgan fingerprint density at radius 3 is 2.67 bits per heavy atom. The summed E-state index contributed by atoms with van der Waals surface area (Å²) in [5, 5.41) is 0. The van der Waals surface area contributed by atoms with Crippen molar-refractivity contribution in [1.29, 1.82) is 0 Å². The fraction of sp³-hybridized carbons (Fsp3) is 0.167. The van der Waals surface area contributed by atoms with Crippen LogP contribution in [0.1, 0.15) is 21.5 Å².